The van der Waals surface area contributed by atoms with Crippen molar-refractivity contribution >= 4 is 18.3 Å². The van der Waals surface area contributed by atoms with Crippen LogP contribution >= 0.6 is 12.4 Å². The maximum absolute atomic E-state index is 12.6. The Balaban J connectivity index is 0.00000208. The van der Waals surface area contributed by atoms with Crippen LogP contribution in [0.1, 0.15) is 32.3 Å². The molecule has 0 aromatic heterocycles. The summed E-state index contributed by atoms with van der Waals surface area (Å²) in [6.07, 6.45) is 2.66. The minimum Gasteiger partial charge on any atom is -0.508 e. The Labute approximate surface area is 149 Å². The molecular formula is C18H27ClN2O3. The van der Waals surface area contributed by atoms with Crippen LogP contribution in [0.15, 0.2) is 24.3 Å². The number of nitrogens with zero attached hydrogens (tertiary/aromatic N) is 1. The first-order valence-corrected chi connectivity index (χ1v) is 8.34. The third-order valence-corrected chi connectivity index (χ3v) is 4.91. The molecule has 0 radical (unpaired) electrons. The monoisotopic (exact) mass is 354 g/mol. The number of carbonyl (C=O) groups excluding carboxylic acids is 1. The van der Waals surface area contributed by atoms with Crippen molar-refractivity contribution in [1.82, 2.24) is 4.90 Å². The minimum absolute atomic E-state index is 0. The van der Waals surface area contributed by atoms with E-state index in [9.17, 15) is 9.90 Å². The lowest BCUT2D eigenvalue weighted by molar-refractivity contribution is -0.136. The first kappa shape index (κ1) is 19.0. The Morgan fingerprint density at radius 2 is 2.08 bits per heavy atom. The number of halogens is 1. The highest BCUT2D eigenvalue weighted by Gasteiger charge is 2.44. The summed E-state index contributed by atoms with van der Waals surface area (Å²) in [5, 5.41) is 9.31. The van der Waals surface area contributed by atoms with Crippen LogP contribution in [0.3, 0.4) is 0 Å². The Hall–Kier alpha value is -1.30. The number of carbonyl (C=O) groups is 1. The second-order valence-electron chi connectivity index (χ2n) is 7.43. The molecule has 3 rings (SSSR count). The van der Waals surface area contributed by atoms with Crippen molar-refractivity contribution in [3.63, 3.8) is 0 Å². The van der Waals surface area contributed by atoms with E-state index in [-0.39, 0.29) is 35.8 Å². The van der Waals surface area contributed by atoms with Gasteiger partial charge in [0, 0.05) is 19.0 Å². The van der Waals surface area contributed by atoms with E-state index in [2.05, 4.69) is 13.8 Å². The molecule has 2 aliphatic heterocycles. The topological polar surface area (TPSA) is 75.8 Å². The molecule has 3 N–H and O–H groups in total. The average molecular weight is 355 g/mol. The maximum Gasteiger partial charge on any atom is 0.239 e. The lowest BCUT2D eigenvalue weighted by Gasteiger charge is -2.35. The van der Waals surface area contributed by atoms with E-state index in [1.54, 1.807) is 12.1 Å². The molecule has 3 atom stereocenters. The number of fused-ring (bicyclic) bond motifs is 1. The fraction of sp³-hybridized carbons (Fsp3) is 0.611. The van der Waals surface area contributed by atoms with Gasteiger partial charge < -0.3 is 20.5 Å². The van der Waals surface area contributed by atoms with E-state index >= 15 is 0 Å². The third kappa shape index (κ3) is 4.21. The Bertz CT molecular complexity index is 576. The van der Waals surface area contributed by atoms with E-state index in [0.29, 0.717) is 12.3 Å². The Morgan fingerprint density at radius 1 is 1.42 bits per heavy atom. The quantitative estimate of drug-likeness (QED) is 0.871. The second kappa shape index (κ2) is 7.30. The number of phenols is 1. The zero-order valence-corrected chi connectivity index (χ0v) is 15.1. The molecule has 1 aromatic rings. The normalized spacial score (nSPS) is 26.4. The molecule has 0 saturated carbocycles. The first-order chi connectivity index (χ1) is 10.8. The fourth-order valence-electron chi connectivity index (χ4n) is 3.86. The minimum atomic E-state index is -0.536. The van der Waals surface area contributed by atoms with Crippen molar-refractivity contribution in [2.75, 3.05) is 13.1 Å². The van der Waals surface area contributed by atoms with Gasteiger partial charge in [0.1, 0.15) is 5.75 Å². The van der Waals surface area contributed by atoms with Gasteiger partial charge in [-0.3, -0.25) is 4.79 Å². The van der Waals surface area contributed by atoms with Crippen LogP contribution in [0.5, 0.6) is 5.75 Å². The summed E-state index contributed by atoms with van der Waals surface area (Å²) >= 11 is 0. The highest BCUT2D eigenvalue weighted by Crippen LogP contribution is 2.38. The van der Waals surface area contributed by atoms with Gasteiger partial charge in [-0.2, -0.15) is 0 Å². The van der Waals surface area contributed by atoms with Crippen LogP contribution in [0.2, 0.25) is 0 Å². The van der Waals surface area contributed by atoms with Gasteiger partial charge in [0.25, 0.3) is 0 Å². The molecule has 2 saturated heterocycles. The molecule has 0 unspecified atom stereocenters. The van der Waals surface area contributed by atoms with Gasteiger partial charge in [0.2, 0.25) is 5.91 Å². The van der Waals surface area contributed by atoms with Gasteiger partial charge in [-0.05, 0) is 50.8 Å². The number of rotatable bonds is 3. The average Bonchev–Trinajstić information content (AvgIpc) is 2.81. The number of hydrogen-bond donors (Lipinski definition) is 2. The predicted molar refractivity (Wildman–Crippen MR) is 95.3 cm³/mol. The lowest BCUT2D eigenvalue weighted by Crippen LogP contribution is -2.51. The molecule has 2 aliphatic rings. The number of likely N-dealkylation sites (tertiary alicyclic amines) is 1. The Morgan fingerprint density at radius 3 is 2.75 bits per heavy atom. The van der Waals surface area contributed by atoms with Crippen molar-refractivity contribution in [2.24, 2.45) is 11.7 Å². The lowest BCUT2D eigenvalue weighted by atomic mass is 9.89. The fourth-order valence-corrected chi connectivity index (χ4v) is 3.86. The van der Waals surface area contributed by atoms with Gasteiger partial charge in [-0.15, -0.1) is 12.4 Å². The molecule has 134 valence electrons. The van der Waals surface area contributed by atoms with Gasteiger partial charge in [-0.25, -0.2) is 0 Å². The molecule has 5 nitrogen and oxygen atoms in total. The van der Waals surface area contributed by atoms with Gasteiger partial charge in [0.15, 0.2) is 0 Å². The number of piperidine rings is 1. The number of hydrogen-bond acceptors (Lipinski definition) is 4. The highest BCUT2D eigenvalue weighted by atomic mass is 35.5. The molecule has 6 heteroatoms. The standard InChI is InChI=1S/C18H26N2O3.ClH/c1-18(2)10-13-11-20(8-7-16(13)23-18)17(22)15(19)9-12-3-5-14(21)6-4-12;/h3-6,13,15-16,21H,7-11,19H2,1-2H3;1H/t13-,15+,16+;/m1./s1. The molecule has 0 bridgehead atoms. The Kier molecular flexibility index (Phi) is 5.78. The smallest absolute Gasteiger partial charge is 0.239 e. The van der Waals surface area contributed by atoms with Gasteiger partial charge in [0.05, 0.1) is 17.7 Å². The third-order valence-electron chi connectivity index (χ3n) is 4.91. The summed E-state index contributed by atoms with van der Waals surface area (Å²) in [4.78, 5) is 14.5. The first-order valence-electron chi connectivity index (χ1n) is 8.34. The zero-order chi connectivity index (χ0) is 16.6. The van der Waals surface area contributed by atoms with E-state index in [1.165, 1.54) is 0 Å². The van der Waals surface area contributed by atoms with Crippen molar-refractivity contribution in [2.45, 2.75) is 50.9 Å². The van der Waals surface area contributed by atoms with E-state index < -0.39 is 6.04 Å². The number of benzene rings is 1. The van der Waals surface area contributed by atoms with Crippen molar-refractivity contribution in [3.05, 3.63) is 29.8 Å². The zero-order valence-electron chi connectivity index (χ0n) is 14.3. The summed E-state index contributed by atoms with van der Waals surface area (Å²) in [6.45, 7) is 5.71. The van der Waals surface area contributed by atoms with Crippen molar-refractivity contribution in [3.8, 4) is 5.75 Å². The SMILES string of the molecule is CC1(C)C[C@@H]2CN(C(=O)[C@@H](N)Cc3ccc(O)cc3)CC[C@@H]2O1.Cl. The molecule has 0 spiro atoms. The summed E-state index contributed by atoms with van der Waals surface area (Å²) < 4.78 is 6.06. The number of nitrogens with two attached hydrogens (primary N) is 1. The number of amides is 1. The van der Waals surface area contributed by atoms with Crippen molar-refractivity contribution in [1.29, 1.82) is 0 Å². The second-order valence-corrected chi connectivity index (χ2v) is 7.43. The molecule has 1 aromatic carbocycles. The van der Waals surface area contributed by atoms with E-state index in [4.69, 9.17) is 10.5 Å². The van der Waals surface area contributed by atoms with E-state index in [0.717, 1.165) is 31.5 Å². The number of ether oxygens (including phenoxy) is 1. The van der Waals surface area contributed by atoms with Crippen molar-refractivity contribution < 1.29 is 14.6 Å². The van der Waals surface area contributed by atoms with Crippen LogP contribution < -0.4 is 5.73 Å². The molecule has 2 fully saturated rings. The van der Waals surface area contributed by atoms with E-state index in [1.807, 2.05) is 17.0 Å². The maximum atomic E-state index is 12.6. The number of aromatic hydroxyl groups is 1. The van der Waals surface area contributed by atoms with Crippen LogP contribution in [-0.4, -0.2) is 46.7 Å². The largest absolute Gasteiger partial charge is 0.508 e. The van der Waals surface area contributed by atoms with Gasteiger partial charge >= 0.3 is 0 Å². The summed E-state index contributed by atoms with van der Waals surface area (Å²) in [6, 6.07) is 6.32. The highest BCUT2D eigenvalue weighted by molar-refractivity contribution is 5.85. The van der Waals surface area contributed by atoms with Gasteiger partial charge in [-0.1, -0.05) is 12.1 Å². The van der Waals surface area contributed by atoms with Crippen LogP contribution in [0, 0.1) is 5.92 Å². The van der Waals surface area contributed by atoms with Crippen LogP contribution in [0.4, 0.5) is 0 Å². The molecular weight excluding hydrogens is 328 g/mol. The molecule has 2 heterocycles. The number of phenolic OH excluding ortho intramolecular Hbond substituents is 1. The molecule has 24 heavy (non-hydrogen) atoms. The summed E-state index contributed by atoms with van der Waals surface area (Å²) in [5.74, 6) is 0.657. The molecule has 0 aliphatic carbocycles. The predicted octanol–water partition coefficient (Wildman–Crippen LogP) is 2.10. The summed E-state index contributed by atoms with van der Waals surface area (Å²) in [7, 11) is 0. The summed E-state index contributed by atoms with van der Waals surface area (Å²) in [5.41, 5.74) is 7.00. The van der Waals surface area contributed by atoms with Crippen LogP contribution in [-0.2, 0) is 16.0 Å². The van der Waals surface area contributed by atoms with Crippen LogP contribution in [0.25, 0.3) is 0 Å². The molecule has 1 amide bonds.